The highest BCUT2D eigenvalue weighted by atomic mass is 16.7. The van der Waals surface area contributed by atoms with Gasteiger partial charge in [-0.15, -0.1) is 0 Å². The van der Waals surface area contributed by atoms with Crippen LogP contribution in [0.4, 0.5) is 0 Å². The maximum Gasteiger partial charge on any atom is 0.229 e. The van der Waals surface area contributed by atoms with Crippen molar-refractivity contribution in [1.82, 2.24) is 0 Å². The average molecular weight is 613 g/mol. The maximum absolute atomic E-state index is 13.0. The molecule has 0 aromatic heterocycles. The molecule has 0 bridgehead atoms. The highest BCUT2D eigenvalue weighted by Gasteiger charge is 2.45. The predicted molar refractivity (Wildman–Crippen MR) is 143 cm³/mol. The maximum atomic E-state index is 13.0. The Balaban J connectivity index is 0.000000324. The number of methoxy groups -OCH3 is 1. The third-order valence-corrected chi connectivity index (χ3v) is 7.33. The van der Waals surface area contributed by atoms with Crippen LogP contribution in [0.3, 0.4) is 0 Å². The first kappa shape index (κ1) is 32.8. The number of aromatic hydroxyl groups is 1. The van der Waals surface area contributed by atoms with Crippen molar-refractivity contribution in [3.63, 3.8) is 0 Å². The predicted octanol–water partition coefficient (Wildman–Crippen LogP) is -2.25. The molecule has 2 saturated heterocycles. The zero-order valence-corrected chi connectivity index (χ0v) is 23.0. The summed E-state index contributed by atoms with van der Waals surface area (Å²) in [6, 6.07) is 9.48. The molecule has 2 fully saturated rings. The Morgan fingerprint density at radius 2 is 1.51 bits per heavy atom. The number of aliphatic hydroxyl groups is 8. The Kier molecular flexibility index (Phi) is 10.8. The summed E-state index contributed by atoms with van der Waals surface area (Å²) in [6.07, 6.45) is -12.4. The second-order valence-electron chi connectivity index (χ2n) is 10.2. The second kappa shape index (κ2) is 14.1. The third kappa shape index (κ3) is 7.18. The first-order valence-electron chi connectivity index (χ1n) is 13.4. The lowest BCUT2D eigenvalue weighted by Gasteiger charge is -2.40. The Morgan fingerprint density at radius 1 is 0.860 bits per heavy atom. The number of ether oxygens (including phenoxy) is 5. The van der Waals surface area contributed by atoms with E-state index >= 15 is 0 Å². The summed E-state index contributed by atoms with van der Waals surface area (Å²) in [5, 5.41) is 85.3. The van der Waals surface area contributed by atoms with E-state index in [0.717, 1.165) is 11.6 Å². The van der Waals surface area contributed by atoms with E-state index in [0.29, 0.717) is 5.75 Å². The minimum absolute atomic E-state index is 0.00482. The summed E-state index contributed by atoms with van der Waals surface area (Å²) in [4.78, 5) is 13.0. The molecule has 0 aliphatic carbocycles. The Bertz CT molecular complexity index is 1220. The van der Waals surface area contributed by atoms with Gasteiger partial charge in [0.25, 0.3) is 0 Å². The van der Waals surface area contributed by atoms with E-state index in [-0.39, 0.29) is 48.2 Å². The van der Waals surface area contributed by atoms with Crippen LogP contribution in [0, 0.1) is 0 Å². The van der Waals surface area contributed by atoms with Crippen molar-refractivity contribution in [2.75, 3.05) is 26.9 Å². The standard InChI is InChI=1S/C22H24O10.C6H12O5/c1-29-12-4-2-10(3-5-12)14-8-13(25)18-15(30-14)6-11(24)7-16(18)31-22-21(28)20(27)19(26)17(9-23)32-22;7-1-4-6(10)5(9)3(8)2-11-4/h2-7,14,17,19-24,26-28H,8-9H2,1H3;3-10H,1-2H2/t14-,17+,19-,20+,21-,22-;3-,4+,5+,6+/m10/s1. The van der Waals surface area contributed by atoms with E-state index in [2.05, 4.69) is 0 Å². The quantitative estimate of drug-likeness (QED) is 0.167. The minimum Gasteiger partial charge on any atom is -0.508 e. The molecule has 15 heteroatoms. The topological polar surface area (TPSA) is 245 Å². The summed E-state index contributed by atoms with van der Waals surface area (Å²) >= 11 is 0. The van der Waals surface area contributed by atoms with E-state index in [9.17, 15) is 30.3 Å². The molecule has 3 aliphatic rings. The molecule has 2 aromatic carbocycles. The van der Waals surface area contributed by atoms with Crippen molar-refractivity contribution in [3.05, 3.63) is 47.5 Å². The number of phenolic OH excluding ortho intramolecular Hbond substituents is 1. The SMILES string of the molecule is COc1ccc([C@H]2CC(=O)c3c(O[C@@H]4O[C@@H](CO)[C@@H](O)[C@H](O)[C@H]4O)cc(O)cc3O2)cc1.OC[C@H]1OC[C@H](O)[C@@H](O)[C@@H]1O. The molecule has 0 amide bonds. The van der Waals surface area contributed by atoms with Gasteiger partial charge in [0.1, 0.15) is 83.5 Å². The zero-order chi connectivity index (χ0) is 31.4. The number of phenols is 1. The summed E-state index contributed by atoms with van der Waals surface area (Å²) in [7, 11) is 1.55. The largest absolute Gasteiger partial charge is 0.508 e. The molecular weight excluding hydrogens is 576 g/mol. The van der Waals surface area contributed by atoms with Gasteiger partial charge in [0, 0.05) is 12.1 Å². The molecule has 0 spiro atoms. The van der Waals surface area contributed by atoms with Gasteiger partial charge in [-0.2, -0.15) is 0 Å². The molecular formula is C28H36O15. The van der Waals surface area contributed by atoms with Crippen LogP contribution in [0.5, 0.6) is 23.0 Å². The van der Waals surface area contributed by atoms with Crippen molar-refractivity contribution < 1.29 is 74.4 Å². The highest BCUT2D eigenvalue weighted by molar-refractivity contribution is 6.02. The number of Topliss-reactive ketones (excluding diaryl/α,β-unsaturated/α-hetero) is 1. The van der Waals surface area contributed by atoms with Gasteiger partial charge in [-0.25, -0.2) is 0 Å². The normalized spacial score (nSPS) is 33.8. The van der Waals surface area contributed by atoms with Crippen LogP contribution < -0.4 is 14.2 Å². The molecule has 238 valence electrons. The second-order valence-corrected chi connectivity index (χ2v) is 10.2. The van der Waals surface area contributed by atoms with Gasteiger partial charge in [-0.1, -0.05) is 12.1 Å². The number of aliphatic hydroxyl groups excluding tert-OH is 8. The molecule has 43 heavy (non-hydrogen) atoms. The van der Waals surface area contributed by atoms with Crippen LogP contribution in [-0.4, -0.2) is 134 Å². The van der Waals surface area contributed by atoms with Crippen LogP contribution in [-0.2, 0) is 9.47 Å². The lowest BCUT2D eigenvalue weighted by molar-refractivity contribution is -0.277. The van der Waals surface area contributed by atoms with E-state index in [1.807, 2.05) is 0 Å². The molecule has 0 radical (unpaired) electrons. The first-order valence-corrected chi connectivity index (χ1v) is 13.4. The Hall–Kier alpha value is -3.09. The number of fused-ring (bicyclic) bond motifs is 1. The van der Waals surface area contributed by atoms with Crippen molar-refractivity contribution in [1.29, 1.82) is 0 Å². The van der Waals surface area contributed by atoms with Gasteiger partial charge in [0.2, 0.25) is 6.29 Å². The van der Waals surface area contributed by atoms with Crippen LogP contribution >= 0.6 is 0 Å². The Morgan fingerprint density at radius 3 is 2.14 bits per heavy atom. The number of ketones is 1. The smallest absolute Gasteiger partial charge is 0.229 e. The third-order valence-electron chi connectivity index (χ3n) is 7.33. The monoisotopic (exact) mass is 612 g/mol. The molecule has 2 aromatic rings. The summed E-state index contributed by atoms with van der Waals surface area (Å²) in [5.74, 6) is 0.0338. The number of carbonyl (C=O) groups excluding carboxylic acids is 1. The fourth-order valence-electron chi connectivity index (χ4n) is 4.82. The highest BCUT2D eigenvalue weighted by Crippen LogP contribution is 2.43. The average Bonchev–Trinajstić information content (AvgIpc) is 3.00. The van der Waals surface area contributed by atoms with Crippen LogP contribution in [0.15, 0.2) is 36.4 Å². The fraction of sp³-hybridized carbons (Fsp3) is 0.536. The molecule has 15 nitrogen and oxygen atoms in total. The minimum atomic E-state index is -1.67. The van der Waals surface area contributed by atoms with Gasteiger partial charge < -0.3 is 69.6 Å². The van der Waals surface area contributed by atoms with E-state index in [4.69, 9.17) is 44.1 Å². The lowest BCUT2D eigenvalue weighted by atomic mass is 9.95. The number of carbonyl (C=O) groups is 1. The van der Waals surface area contributed by atoms with Crippen molar-refractivity contribution in [2.45, 2.75) is 67.6 Å². The Labute approximate surface area is 245 Å². The van der Waals surface area contributed by atoms with Crippen LogP contribution in [0.25, 0.3) is 0 Å². The van der Waals surface area contributed by atoms with E-state index in [1.165, 1.54) is 6.07 Å². The van der Waals surface area contributed by atoms with Gasteiger partial charge in [0.05, 0.1) is 33.4 Å². The van der Waals surface area contributed by atoms with Crippen molar-refractivity contribution in [3.8, 4) is 23.0 Å². The van der Waals surface area contributed by atoms with Gasteiger partial charge in [-0.05, 0) is 17.7 Å². The number of hydrogen-bond acceptors (Lipinski definition) is 15. The molecule has 3 heterocycles. The molecule has 0 saturated carbocycles. The summed E-state index contributed by atoms with van der Waals surface area (Å²) < 4.78 is 26.8. The number of benzene rings is 2. The first-order chi connectivity index (χ1) is 20.5. The number of rotatable bonds is 6. The fourth-order valence-corrected chi connectivity index (χ4v) is 4.82. The molecule has 9 N–H and O–H groups in total. The molecule has 5 rings (SSSR count). The van der Waals surface area contributed by atoms with Crippen molar-refractivity contribution >= 4 is 5.78 Å². The van der Waals surface area contributed by atoms with Crippen LogP contribution in [0.2, 0.25) is 0 Å². The van der Waals surface area contributed by atoms with E-state index < -0.39 is 67.8 Å². The molecule has 10 atom stereocenters. The van der Waals surface area contributed by atoms with E-state index in [1.54, 1.807) is 31.4 Å². The van der Waals surface area contributed by atoms with Gasteiger partial charge >= 0.3 is 0 Å². The number of hydrogen-bond donors (Lipinski definition) is 9. The zero-order valence-electron chi connectivity index (χ0n) is 23.0. The van der Waals surface area contributed by atoms with Crippen molar-refractivity contribution in [2.24, 2.45) is 0 Å². The van der Waals surface area contributed by atoms with Gasteiger partial charge in [-0.3, -0.25) is 4.79 Å². The summed E-state index contributed by atoms with van der Waals surface area (Å²) in [6.45, 7) is -1.04. The summed E-state index contributed by atoms with van der Waals surface area (Å²) in [5.41, 5.74) is 0.786. The molecule has 0 unspecified atom stereocenters. The van der Waals surface area contributed by atoms with Gasteiger partial charge in [0.15, 0.2) is 5.78 Å². The molecule has 3 aliphatic heterocycles. The lowest BCUT2D eigenvalue weighted by Crippen LogP contribution is -2.60. The van der Waals surface area contributed by atoms with Crippen LogP contribution in [0.1, 0.15) is 28.4 Å².